The Balaban J connectivity index is 2.28. The van der Waals surface area contributed by atoms with Gasteiger partial charge >= 0.3 is 5.97 Å². The van der Waals surface area contributed by atoms with Gasteiger partial charge in [-0.3, -0.25) is 4.79 Å². The van der Waals surface area contributed by atoms with Gasteiger partial charge in [0.1, 0.15) is 6.10 Å². The molecule has 0 radical (unpaired) electrons. The van der Waals surface area contributed by atoms with Gasteiger partial charge in [0.25, 0.3) is 0 Å². The summed E-state index contributed by atoms with van der Waals surface area (Å²) in [6.07, 6.45) is 4.00. The molecule has 2 unspecified atom stereocenters. The third kappa shape index (κ3) is 3.10. The van der Waals surface area contributed by atoms with Gasteiger partial charge in [-0.05, 0) is 19.3 Å². The molecule has 0 aromatic heterocycles. The van der Waals surface area contributed by atoms with Gasteiger partial charge < -0.3 is 4.74 Å². The van der Waals surface area contributed by atoms with Crippen molar-refractivity contribution in [3.8, 4) is 0 Å². The van der Waals surface area contributed by atoms with Crippen LogP contribution in [0.3, 0.4) is 0 Å². The first-order valence-corrected chi connectivity index (χ1v) is 4.43. The Kier molecular flexibility index (Phi) is 3.18. The molecule has 0 amide bonds. The summed E-state index contributed by atoms with van der Waals surface area (Å²) in [5, 5.41) is 0.202. The van der Waals surface area contributed by atoms with Crippen molar-refractivity contribution in [3.05, 3.63) is 0 Å². The first-order valence-electron chi connectivity index (χ1n) is 4.00. The van der Waals surface area contributed by atoms with E-state index < -0.39 is 0 Å². The average molecular weight is 177 g/mol. The first kappa shape index (κ1) is 8.85. The predicted molar refractivity (Wildman–Crippen MR) is 43.7 cm³/mol. The van der Waals surface area contributed by atoms with E-state index in [1.54, 1.807) is 0 Å². The molecule has 0 aliphatic heterocycles. The van der Waals surface area contributed by atoms with Crippen LogP contribution >= 0.6 is 11.6 Å². The molecule has 1 rings (SSSR count). The van der Waals surface area contributed by atoms with Crippen LogP contribution in [-0.2, 0) is 9.53 Å². The van der Waals surface area contributed by atoms with Crippen LogP contribution in [0.4, 0.5) is 0 Å². The van der Waals surface area contributed by atoms with Crippen molar-refractivity contribution in [1.29, 1.82) is 0 Å². The summed E-state index contributed by atoms with van der Waals surface area (Å²) >= 11 is 5.90. The van der Waals surface area contributed by atoms with Gasteiger partial charge in [0, 0.05) is 18.7 Å². The molecule has 0 bridgehead atoms. The van der Waals surface area contributed by atoms with E-state index in [9.17, 15) is 4.79 Å². The molecular weight excluding hydrogens is 164 g/mol. The van der Waals surface area contributed by atoms with Gasteiger partial charge in [-0.1, -0.05) is 0 Å². The second kappa shape index (κ2) is 3.96. The van der Waals surface area contributed by atoms with Crippen molar-refractivity contribution in [2.75, 3.05) is 0 Å². The van der Waals surface area contributed by atoms with Crippen molar-refractivity contribution in [1.82, 2.24) is 0 Å². The highest BCUT2D eigenvalue weighted by molar-refractivity contribution is 6.20. The lowest BCUT2D eigenvalue weighted by Crippen LogP contribution is -2.24. The SMILES string of the molecule is CC(=O)OC1CCCC(Cl)C1. The molecule has 0 heterocycles. The Bertz CT molecular complexity index is 147. The smallest absolute Gasteiger partial charge is 0.302 e. The number of halogens is 1. The highest BCUT2D eigenvalue weighted by atomic mass is 35.5. The maximum Gasteiger partial charge on any atom is 0.302 e. The largest absolute Gasteiger partial charge is 0.463 e. The standard InChI is InChI=1S/C8H13ClO2/c1-6(10)11-8-4-2-3-7(9)5-8/h7-8H,2-5H2,1H3. The second-order valence-corrected chi connectivity index (χ2v) is 3.61. The highest BCUT2D eigenvalue weighted by Crippen LogP contribution is 2.24. The Labute approximate surface area is 71.9 Å². The maximum atomic E-state index is 10.6. The van der Waals surface area contributed by atoms with Crippen LogP contribution in [0.5, 0.6) is 0 Å². The van der Waals surface area contributed by atoms with Gasteiger partial charge in [-0.15, -0.1) is 11.6 Å². The molecule has 2 atom stereocenters. The van der Waals surface area contributed by atoms with Crippen molar-refractivity contribution in [2.45, 2.75) is 44.1 Å². The lowest BCUT2D eigenvalue weighted by atomic mass is 9.97. The molecule has 0 saturated heterocycles. The van der Waals surface area contributed by atoms with Gasteiger partial charge in [0.15, 0.2) is 0 Å². The minimum atomic E-state index is -0.194. The number of esters is 1. The second-order valence-electron chi connectivity index (χ2n) is 3.00. The van der Waals surface area contributed by atoms with Crippen molar-refractivity contribution < 1.29 is 9.53 Å². The Hall–Kier alpha value is -0.240. The van der Waals surface area contributed by atoms with Crippen LogP contribution in [0.25, 0.3) is 0 Å². The zero-order chi connectivity index (χ0) is 8.27. The number of hydrogen-bond acceptors (Lipinski definition) is 2. The molecule has 0 N–H and O–H groups in total. The minimum Gasteiger partial charge on any atom is -0.463 e. The van der Waals surface area contributed by atoms with Gasteiger partial charge in [-0.25, -0.2) is 0 Å². The molecule has 0 aromatic carbocycles. The number of carbonyl (C=O) groups is 1. The first-order chi connectivity index (χ1) is 5.18. The topological polar surface area (TPSA) is 26.3 Å². The molecule has 0 spiro atoms. The fourth-order valence-corrected chi connectivity index (χ4v) is 1.78. The van der Waals surface area contributed by atoms with E-state index in [0.717, 1.165) is 25.7 Å². The zero-order valence-corrected chi connectivity index (χ0v) is 7.43. The maximum absolute atomic E-state index is 10.6. The van der Waals surface area contributed by atoms with Crippen LogP contribution in [0, 0.1) is 0 Å². The van der Waals surface area contributed by atoms with E-state index in [1.807, 2.05) is 0 Å². The average Bonchev–Trinajstić information content (AvgIpc) is 1.85. The van der Waals surface area contributed by atoms with E-state index in [1.165, 1.54) is 6.92 Å². The molecule has 0 aromatic rings. The number of alkyl halides is 1. The Morgan fingerprint density at radius 3 is 2.82 bits per heavy atom. The molecule has 64 valence electrons. The third-order valence-corrected chi connectivity index (χ3v) is 2.29. The molecular formula is C8H13ClO2. The number of hydrogen-bond donors (Lipinski definition) is 0. The monoisotopic (exact) mass is 176 g/mol. The summed E-state index contributed by atoms with van der Waals surface area (Å²) in [5.74, 6) is -0.194. The summed E-state index contributed by atoms with van der Waals surface area (Å²) in [5.41, 5.74) is 0. The molecule has 1 saturated carbocycles. The Morgan fingerprint density at radius 1 is 1.55 bits per heavy atom. The van der Waals surface area contributed by atoms with Gasteiger partial charge in [0.05, 0.1) is 0 Å². The molecule has 3 heteroatoms. The summed E-state index contributed by atoms with van der Waals surface area (Å²) in [6.45, 7) is 1.44. The van der Waals surface area contributed by atoms with Crippen LogP contribution in [0.1, 0.15) is 32.6 Å². The van der Waals surface area contributed by atoms with Crippen molar-refractivity contribution in [3.63, 3.8) is 0 Å². The van der Waals surface area contributed by atoms with Crippen molar-refractivity contribution in [2.24, 2.45) is 0 Å². The third-order valence-electron chi connectivity index (χ3n) is 1.89. The van der Waals surface area contributed by atoms with E-state index in [-0.39, 0.29) is 17.5 Å². The lowest BCUT2D eigenvalue weighted by Gasteiger charge is -2.24. The van der Waals surface area contributed by atoms with Crippen LogP contribution < -0.4 is 0 Å². The number of ether oxygens (including phenoxy) is 1. The summed E-state index contributed by atoms with van der Waals surface area (Å²) in [4.78, 5) is 10.6. The molecule has 11 heavy (non-hydrogen) atoms. The normalized spacial score (nSPS) is 31.5. The van der Waals surface area contributed by atoms with Crippen molar-refractivity contribution >= 4 is 17.6 Å². The Morgan fingerprint density at radius 2 is 2.27 bits per heavy atom. The molecule has 1 aliphatic rings. The summed E-state index contributed by atoms with van der Waals surface area (Å²) in [6, 6.07) is 0. The molecule has 1 aliphatic carbocycles. The van der Waals surface area contributed by atoms with Crippen LogP contribution in [0.2, 0.25) is 0 Å². The highest BCUT2D eigenvalue weighted by Gasteiger charge is 2.21. The number of rotatable bonds is 1. The lowest BCUT2D eigenvalue weighted by molar-refractivity contribution is -0.147. The van der Waals surface area contributed by atoms with E-state index in [2.05, 4.69) is 0 Å². The predicted octanol–water partition coefficient (Wildman–Crippen LogP) is 2.10. The molecule has 2 nitrogen and oxygen atoms in total. The van der Waals surface area contributed by atoms with E-state index >= 15 is 0 Å². The minimum absolute atomic E-state index is 0.0729. The van der Waals surface area contributed by atoms with E-state index in [0.29, 0.717) is 0 Å². The van der Waals surface area contributed by atoms with E-state index in [4.69, 9.17) is 16.3 Å². The van der Waals surface area contributed by atoms with Crippen LogP contribution in [-0.4, -0.2) is 17.5 Å². The van der Waals surface area contributed by atoms with Gasteiger partial charge in [-0.2, -0.15) is 0 Å². The molecule has 1 fully saturated rings. The fourth-order valence-electron chi connectivity index (χ4n) is 1.43. The van der Waals surface area contributed by atoms with Gasteiger partial charge in [0.2, 0.25) is 0 Å². The quantitative estimate of drug-likeness (QED) is 0.452. The summed E-state index contributed by atoms with van der Waals surface area (Å²) < 4.78 is 5.04. The fraction of sp³-hybridized carbons (Fsp3) is 0.875. The van der Waals surface area contributed by atoms with Crippen LogP contribution in [0.15, 0.2) is 0 Å². The zero-order valence-electron chi connectivity index (χ0n) is 6.68. The summed E-state index contributed by atoms with van der Waals surface area (Å²) in [7, 11) is 0. The number of carbonyl (C=O) groups excluding carboxylic acids is 1.